The molecule has 0 bridgehead atoms. The first-order valence-corrected chi connectivity index (χ1v) is 7.22. The molecule has 1 aromatic heterocycles. The molecule has 0 amide bonds. The van der Waals surface area contributed by atoms with Gasteiger partial charge in [-0.05, 0) is 20.0 Å². The summed E-state index contributed by atoms with van der Waals surface area (Å²) in [5.41, 5.74) is -0.705. The molecule has 1 aliphatic rings. The molecule has 8 heteroatoms. The smallest absolute Gasteiger partial charge is 0.253 e. The number of piperazine rings is 1. The van der Waals surface area contributed by atoms with E-state index in [0.29, 0.717) is 13.0 Å². The first-order valence-electron chi connectivity index (χ1n) is 7.22. The Kier molecular flexibility index (Phi) is 5.57. The molecule has 0 aromatic carbocycles. The lowest BCUT2D eigenvalue weighted by atomic mass is 10.2. The topological polar surface area (TPSA) is 22.6 Å². The van der Waals surface area contributed by atoms with Gasteiger partial charge in [-0.2, -0.15) is 22.5 Å². The molecule has 124 valence electrons. The summed E-state index contributed by atoms with van der Waals surface area (Å²) in [5, 5.41) is 0. The molecule has 0 atom stereocenters. The standard InChI is InChI=1S/C14H20F4N4/c1-20-6-8-22(9-7-20)5-3-4-21(2)12-10(15)13(17)19-14(18)11(12)16/h3-9H2,1-2H3. The van der Waals surface area contributed by atoms with E-state index in [-0.39, 0.29) is 0 Å². The zero-order valence-electron chi connectivity index (χ0n) is 12.8. The van der Waals surface area contributed by atoms with Crippen LogP contribution in [0, 0.1) is 23.5 Å². The van der Waals surface area contributed by atoms with Crippen molar-refractivity contribution in [3.63, 3.8) is 0 Å². The van der Waals surface area contributed by atoms with Crippen molar-refractivity contribution < 1.29 is 17.6 Å². The third kappa shape index (κ3) is 3.86. The summed E-state index contributed by atoms with van der Waals surface area (Å²) in [5.74, 6) is -6.17. The highest BCUT2D eigenvalue weighted by Gasteiger charge is 2.23. The number of rotatable bonds is 5. The molecule has 0 aliphatic carbocycles. The molecular formula is C14H20F4N4. The summed E-state index contributed by atoms with van der Waals surface area (Å²) in [4.78, 5) is 8.23. The van der Waals surface area contributed by atoms with Crippen LogP contribution < -0.4 is 4.90 Å². The van der Waals surface area contributed by atoms with Gasteiger partial charge in [-0.1, -0.05) is 0 Å². The Hall–Kier alpha value is -1.41. The van der Waals surface area contributed by atoms with E-state index in [9.17, 15) is 17.6 Å². The van der Waals surface area contributed by atoms with Crippen LogP contribution in [-0.2, 0) is 0 Å². The monoisotopic (exact) mass is 320 g/mol. The molecule has 0 spiro atoms. The Morgan fingerprint density at radius 2 is 1.55 bits per heavy atom. The number of nitrogens with zero attached hydrogens (tertiary/aromatic N) is 4. The van der Waals surface area contributed by atoms with Gasteiger partial charge < -0.3 is 14.7 Å². The van der Waals surface area contributed by atoms with E-state index in [4.69, 9.17) is 0 Å². The third-order valence-electron chi connectivity index (χ3n) is 3.92. The minimum Gasteiger partial charge on any atom is -0.370 e. The van der Waals surface area contributed by atoms with Gasteiger partial charge in [0.25, 0.3) is 11.9 Å². The Balaban J connectivity index is 1.91. The van der Waals surface area contributed by atoms with Crippen LogP contribution in [0.15, 0.2) is 0 Å². The Morgan fingerprint density at radius 3 is 2.09 bits per heavy atom. The largest absolute Gasteiger partial charge is 0.370 e. The third-order valence-corrected chi connectivity index (χ3v) is 3.92. The molecule has 2 heterocycles. The van der Waals surface area contributed by atoms with Crippen LogP contribution in [0.3, 0.4) is 0 Å². The summed E-state index contributed by atoms with van der Waals surface area (Å²) in [6.45, 7) is 4.93. The number of anilines is 1. The van der Waals surface area contributed by atoms with E-state index in [1.165, 1.54) is 11.9 Å². The van der Waals surface area contributed by atoms with Gasteiger partial charge in [-0.3, -0.25) is 0 Å². The van der Waals surface area contributed by atoms with E-state index in [1.807, 2.05) is 0 Å². The maximum Gasteiger partial charge on any atom is 0.253 e. The normalized spacial score (nSPS) is 17.0. The molecular weight excluding hydrogens is 300 g/mol. The lowest BCUT2D eigenvalue weighted by Gasteiger charge is -2.32. The van der Waals surface area contributed by atoms with E-state index < -0.39 is 29.2 Å². The van der Waals surface area contributed by atoms with Crippen molar-refractivity contribution in [1.82, 2.24) is 14.8 Å². The minimum absolute atomic E-state index is 0.295. The van der Waals surface area contributed by atoms with Crippen molar-refractivity contribution >= 4 is 5.69 Å². The first-order chi connectivity index (χ1) is 10.4. The van der Waals surface area contributed by atoms with E-state index in [2.05, 4.69) is 21.8 Å². The average molecular weight is 320 g/mol. The van der Waals surface area contributed by atoms with Crippen molar-refractivity contribution in [1.29, 1.82) is 0 Å². The SMILES string of the molecule is CN1CCN(CCCN(C)c2c(F)c(F)nc(F)c2F)CC1. The molecule has 2 rings (SSSR count). The lowest BCUT2D eigenvalue weighted by Crippen LogP contribution is -2.45. The molecule has 0 unspecified atom stereocenters. The zero-order valence-corrected chi connectivity index (χ0v) is 12.8. The van der Waals surface area contributed by atoms with Crippen molar-refractivity contribution in [2.24, 2.45) is 0 Å². The lowest BCUT2D eigenvalue weighted by molar-refractivity contribution is 0.153. The van der Waals surface area contributed by atoms with Crippen molar-refractivity contribution in [3.05, 3.63) is 23.5 Å². The molecule has 1 fully saturated rings. The molecule has 1 aromatic rings. The van der Waals surface area contributed by atoms with Crippen LogP contribution in [0.1, 0.15) is 6.42 Å². The van der Waals surface area contributed by atoms with Crippen LogP contribution in [-0.4, -0.2) is 68.1 Å². The fourth-order valence-electron chi connectivity index (χ4n) is 2.53. The van der Waals surface area contributed by atoms with Gasteiger partial charge in [-0.25, -0.2) is 0 Å². The van der Waals surface area contributed by atoms with E-state index in [0.717, 1.165) is 32.7 Å². The molecule has 22 heavy (non-hydrogen) atoms. The Labute approximate surface area is 127 Å². The van der Waals surface area contributed by atoms with Gasteiger partial charge in [0.05, 0.1) is 0 Å². The van der Waals surface area contributed by atoms with Gasteiger partial charge in [-0.15, -0.1) is 0 Å². The van der Waals surface area contributed by atoms with Gasteiger partial charge >= 0.3 is 0 Å². The molecule has 0 radical (unpaired) electrons. The van der Waals surface area contributed by atoms with Crippen molar-refractivity contribution in [2.45, 2.75) is 6.42 Å². The summed E-state index contributed by atoms with van der Waals surface area (Å²) < 4.78 is 53.4. The van der Waals surface area contributed by atoms with Crippen LogP contribution in [0.25, 0.3) is 0 Å². The number of halogens is 4. The fraction of sp³-hybridized carbons (Fsp3) is 0.643. The van der Waals surface area contributed by atoms with Gasteiger partial charge in [0.2, 0.25) is 11.6 Å². The number of hydrogen-bond acceptors (Lipinski definition) is 4. The number of pyridine rings is 1. The quantitative estimate of drug-likeness (QED) is 0.608. The van der Waals surface area contributed by atoms with E-state index in [1.54, 1.807) is 0 Å². The summed E-state index contributed by atoms with van der Waals surface area (Å²) >= 11 is 0. The summed E-state index contributed by atoms with van der Waals surface area (Å²) in [7, 11) is 3.47. The second-order valence-corrected chi connectivity index (χ2v) is 5.59. The average Bonchev–Trinajstić information content (AvgIpc) is 2.47. The van der Waals surface area contributed by atoms with Crippen LogP contribution in [0.2, 0.25) is 0 Å². The zero-order chi connectivity index (χ0) is 16.3. The molecule has 0 N–H and O–H groups in total. The second kappa shape index (κ2) is 7.23. The van der Waals surface area contributed by atoms with Gasteiger partial charge in [0.1, 0.15) is 5.69 Å². The maximum absolute atomic E-state index is 13.6. The Bertz CT molecular complexity index is 492. The van der Waals surface area contributed by atoms with Crippen LogP contribution in [0.4, 0.5) is 23.2 Å². The van der Waals surface area contributed by atoms with Crippen LogP contribution in [0.5, 0.6) is 0 Å². The fourth-order valence-corrected chi connectivity index (χ4v) is 2.53. The number of aromatic nitrogens is 1. The maximum atomic E-state index is 13.6. The summed E-state index contributed by atoms with van der Waals surface area (Å²) in [6.07, 6.45) is 0.644. The summed E-state index contributed by atoms with van der Waals surface area (Å²) in [6, 6.07) is 0. The number of hydrogen-bond donors (Lipinski definition) is 0. The predicted octanol–water partition coefficient (Wildman–Crippen LogP) is 1.71. The highest BCUT2D eigenvalue weighted by atomic mass is 19.2. The highest BCUT2D eigenvalue weighted by molar-refractivity contribution is 5.47. The van der Waals surface area contributed by atoms with Gasteiger partial charge in [0.15, 0.2) is 0 Å². The second-order valence-electron chi connectivity index (χ2n) is 5.59. The van der Waals surface area contributed by atoms with Crippen molar-refractivity contribution in [2.75, 3.05) is 58.3 Å². The molecule has 1 saturated heterocycles. The minimum atomic E-state index is -1.63. The van der Waals surface area contributed by atoms with Crippen molar-refractivity contribution in [3.8, 4) is 0 Å². The van der Waals surface area contributed by atoms with Crippen LogP contribution >= 0.6 is 0 Å². The molecule has 4 nitrogen and oxygen atoms in total. The first kappa shape index (κ1) is 17.0. The Morgan fingerprint density at radius 1 is 1.00 bits per heavy atom. The highest BCUT2D eigenvalue weighted by Crippen LogP contribution is 2.25. The van der Waals surface area contributed by atoms with Gasteiger partial charge in [0, 0.05) is 39.8 Å². The molecule has 0 saturated carbocycles. The number of likely N-dealkylation sites (N-methyl/N-ethyl adjacent to an activating group) is 1. The predicted molar refractivity (Wildman–Crippen MR) is 75.9 cm³/mol. The molecule has 1 aliphatic heterocycles. The van der Waals surface area contributed by atoms with E-state index >= 15 is 0 Å².